The van der Waals surface area contributed by atoms with E-state index in [0.29, 0.717) is 12.3 Å². The summed E-state index contributed by atoms with van der Waals surface area (Å²) in [5, 5.41) is 3.33. The van der Waals surface area contributed by atoms with Crippen LogP contribution >= 0.6 is 12.4 Å². The van der Waals surface area contributed by atoms with Gasteiger partial charge in [-0.3, -0.25) is 9.78 Å². The van der Waals surface area contributed by atoms with E-state index in [9.17, 15) is 4.79 Å². The van der Waals surface area contributed by atoms with Crippen LogP contribution in [0.2, 0.25) is 0 Å². The van der Waals surface area contributed by atoms with Crippen LogP contribution in [0.3, 0.4) is 0 Å². The lowest BCUT2D eigenvalue weighted by Crippen LogP contribution is -2.34. The Morgan fingerprint density at radius 1 is 1.40 bits per heavy atom. The van der Waals surface area contributed by atoms with Gasteiger partial charge in [0.05, 0.1) is 6.04 Å². The van der Waals surface area contributed by atoms with Crippen LogP contribution in [0.1, 0.15) is 37.8 Å². The molecule has 1 fully saturated rings. The fourth-order valence-corrected chi connectivity index (χ4v) is 2.56. The summed E-state index contributed by atoms with van der Waals surface area (Å²) >= 11 is 0. The van der Waals surface area contributed by atoms with Gasteiger partial charge in [-0.25, -0.2) is 0 Å². The Kier molecular flexibility index (Phi) is 6.96. The number of rotatable bonds is 4. The third-order valence-electron chi connectivity index (χ3n) is 4.08. The smallest absolute Gasteiger partial charge is 0.223 e. The molecular formula is C15H24ClN3O. The Morgan fingerprint density at radius 2 is 2.00 bits per heavy atom. The molecule has 1 aromatic rings. The van der Waals surface area contributed by atoms with E-state index in [1.165, 1.54) is 0 Å². The quantitative estimate of drug-likeness (QED) is 0.928. The lowest BCUT2D eigenvalue weighted by molar-refractivity contribution is -0.133. The molecule has 112 valence electrons. The van der Waals surface area contributed by atoms with Crippen molar-refractivity contribution in [1.29, 1.82) is 0 Å². The number of piperidine rings is 1. The van der Waals surface area contributed by atoms with Crippen LogP contribution in [0, 0.1) is 5.92 Å². The molecule has 1 N–H and O–H groups in total. The molecule has 0 aromatic carbocycles. The van der Waals surface area contributed by atoms with Gasteiger partial charge in [0.15, 0.2) is 0 Å². The number of aromatic nitrogens is 1. The second-order valence-electron chi connectivity index (χ2n) is 5.36. The largest absolute Gasteiger partial charge is 0.339 e. The van der Waals surface area contributed by atoms with Gasteiger partial charge in [0.2, 0.25) is 5.91 Å². The highest BCUT2D eigenvalue weighted by Crippen LogP contribution is 2.22. The van der Waals surface area contributed by atoms with Crippen LogP contribution in [0.25, 0.3) is 0 Å². The molecule has 4 nitrogen and oxygen atoms in total. The van der Waals surface area contributed by atoms with Crippen molar-refractivity contribution in [3.63, 3.8) is 0 Å². The highest BCUT2D eigenvalue weighted by molar-refractivity contribution is 5.85. The van der Waals surface area contributed by atoms with Crippen LogP contribution < -0.4 is 5.32 Å². The van der Waals surface area contributed by atoms with Crippen molar-refractivity contribution >= 4 is 18.3 Å². The molecule has 0 aliphatic carbocycles. The van der Waals surface area contributed by atoms with Gasteiger partial charge >= 0.3 is 0 Å². The summed E-state index contributed by atoms with van der Waals surface area (Å²) in [6, 6.07) is 4.05. The van der Waals surface area contributed by atoms with Gasteiger partial charge < -0.3 is 10.2 Å². The van der Waals surface area contributed by atoms with E-state index in [2.05, 4.69) is 17.2 Å². The topological polar surface area (TPSA) is 45.2 Å². The normalized spacial score (nSPS) is 17.1. The number of carbonyl (C=O) groups is 1. The standard InChI is InChI=1S/C15H23N3O.ClH/c1-12(14-5-9-17-10-6-14)18(2)15(19)11-13-3-7-16-8-4-13;/h5-6,9-10,12-13,16H,3-4,7-8,11H2,1-2H3;1H. The summed E-state index contributed by atoms with van der Waals surface area (Å²) in [5.41, 5.74) is 1.14. The molecule has 1 aliphatic heterocycles. The molecule has 2 heterocycles. The maximum absolute atomic E-state index is 12.3. The summed E-state index contributed by atoms with van der Waals surface area (Å²) in [6.45, 7) is 4.15. The summed E-state index contributed by atoms with van der Waals surface area (Å²) in [5.74, 6) is 0.789. The highest BCUT2D eigenvalue weighted by Gasteiger charge is 2.22. The summed E-state index contributed by atoms with van der Waals surface area (Å²) in [7, 11) is 1.90. The molecule has 1 aliphatic rings. The predicted octanol–water partition coefficient (Wildman–Crippen LogP) is 2.41. The minimum Gasteiger partial charge on any atom is -0.339 e. The van der Waals surface area contributed by atoms with E-state index in [1.54, 1.807) is 12.4 Å². The summed E-state index contributed by atoms with van der Waals surface area (Å²) in [6.07, 6.45) is 6.45. The number of hydrogen-bond acceptors (Lipinski definition) is 3. The first-order valence-corrected chi connectivity index (χ1v) is 7.04. The predicted molar refractivity (Wildman–Crippen MR) is 82.9 cm³/mol. The zero-order valence-electron chi connectivity index (χ0n) is 12.2. The summed E-state index contributed by atoms with van der Waals surface area (Å²) < 4.78 is 0. The molecule has 1 atom stereocenters. The number of nitrogens with zero attached hydrogens (tertiary/aromatic N) is 2. The van der Waals surface area contributed by atoms with Gasteiger partial charge in [-0.05, 0) is 56.5 Å². The van der Waals surface area contributed by atoms with Gasteiger partial charge in [-0.15, -0.1) is 12.4 Å². The highest BCUT2D eigenvalue weighted by atomic mass is 35.5. The third kappa shape index (κ3) is 4.46. The van der Waals surface area contributed by atoms with Crippen molar-refractivity contribution in [3.8, 4) is 0 Å². The number of halogens is 1. The Hall–Kier alpha value is -1.13. The molecule has 0 saturated carbocycles. The van der Waals surface area contributed by atoms with Crippen LogP contribution in [0.4, 0.5) is 0 Å². The molecule has 20 heavy (non-hydrogen) atoms. The first-order chi connectivity index (χ1) is 9.18. The van der Waals surface area contributed by atoms with Crippen LogP contribution in [0.5, 0.6) is 0 Å². The fraction of sp³-hybridized carbons (Fsp3) is 0.600. The van der Waals surface area contributed by atoms with Crippen molar-refractivity contribution in [3.05, 3.63) is 30.1 Å². The Balaban J connectivity index is 0.00000200. The van der Waals surface area contributed by atoms with Crippen molar-refractivity contribution in [2.75, 3.05) is 20.1 Å². The van der Waals surface area contributed by atoms with E-state index in [4.69, 9.17) is 0 Å². The van der Waals surface area contributed by atoms with Gasteiger partial charge in [0, 0.05) is 25.9 Å². The number of amides is 1. The zero-order chi connectivity index (χ0) is 13.7. The van der Waals surface area contributed by atoms with Crippen molar-refractivity contribution in [1.82, 2.24) is 15.2 Å². The van der Waals surface area contributed by atoms with Gasteiger partial charge in [-0.1, -0.05) is 0 Å². The number of pyridine rings is 1. The average molecular weight is 298 g/mol. The zero-order valence-corrected chi connectivity index (χ0v) is 13.0. The Morgan fingerprint density at radius 3 is 2.60 bits per heavy atom. The van der Waals surface area contributed by atoms with Crippen molar-refractivity contribution in [2.45, 2.75) is 32.2 Å². The third-order valence-corrected chi connectivity index (χ3v) is 4.08. The van der Waals surface area contributed by atoms with Crippen LogP contribution in [0.15, 0.2) is 24.5 Å². The Bertz CT molecular complexity index is 407. The minimum atomic E-state index is 0. The average Bonchev–Trinajstić information content (AvgIpc) is 2.47. The van der Waals surface area contributed by atoms with E-state index in [-0.39, 0.29) is 24.4 Å². The first-order valence-electron chi connectivity index (χ1n) is 7.04. The van der Waals surface area contributed by atoms with Gasteiger partial charge in [0.25, 0.3) is 0 Å². The maximum atomic E-state index is 12.3. The van der Waals surface area contributed by atoms with E-state index in [0.717, 1.165) is 31.5 Å². The lowest BCUT2D eigenvalue weighted by Gasteiger charge is -2.28. The van der Waals surface area contributed by atoms with Crippen molar-refractivity contribution in [2.24, 2.45) is 5.92 Å². The van der Waals surface area contributed by atoms with Crippen LogP contribution in [-0.2, 0) is 4.79 Å². The molecule has 1 aromatic heterocycles. The molecule has 2 rings (SSSR count). The molecule has 5 heteroatoms. The van der Waals surface area contributed by atoms with Crippen molar-refractivity contribution < 1.29 is 4.79 Å². The van der Waals surface area contributed by atoms with Gasteiger partial charge in [0.1, 0.15) is 0 Å². The molecule has 1 amide bonds. The molecule has 1 unspecified atom stereocenters. The molecular weight excluding hydrogens is 274 g/mol. The van der Waals surface area contributed by atoms with E-state index in [1.807, 2.05) is 24.1 Å². The first kappa shape index (κ1) is 16.9. The van der Waals surface area contributed by atoms with Gasteiger partial charge in [-0.2, -0.15) is 0 Å². The second-order valence-corrected chi connectivity index (χ2v) is 5.36. The minimum absolute atomic E-state index is 0. The lowest BCUT2D eigenvalue weighted by atomic mass is 9.94. The molecule has 1 saturated heterocycles. The van der Waals surface area contributed by atoms with E-state index < -0.39 is 0 Å². The number of nitrogens with one attached hydrogen (secondary N) is 1. The van der Waals surface area contributed by atoms with Crippen LogP contribution in [-0.4, -0.2) is 35.9 Å². The monoisotopic (exact) mass is 297 g/mol. The molecule has 0 radical (unpaired) electrons. The fourth-order valence-electron chi connectivity index (χ4n) is 2.56. The molecule has 0 bridgehead atoms. The second kappa shape index (κ2) is 8.22. The maximum Gasteiger partial charge on any atom is 0.223 e. The number of hydrogen-bond donors (Lipinski definition) is 1. The van der Waals surface area contributed by atoms with E-state index >= 15 is 0 Å². The summed E-state index contributed by atoms with van der Waals surface area (Å²) in [4.78, 5) is 18.2. The molecule has 0 spiro atoms. The SMILES string of the molecule is CC(c1ccncc1)N(C)C(=O)CC1CCNCC1.Cl. The number of carbonyl (C=O) groups excluding carboxylic acids is 1. The Labute approximate surface area is 127 Å².